The Bertz CT molecular complexity index is 304. The van der Waals surface area contributed by atoms with Gasteiger partial charge in [0, 0.05) is 12.3 Å². The van der Waals surface area contributed by atoms with Crippen molar-refractivity contribution in [2.45, 2.75) is 6.42 Å². The van der Waals surface area contributed by atoms with Crippen molar-refractivity contribution >= 4 is 16.9 Å². The molecule has 0 aliphatic carbocycles. The smallest absolute Gasteiger partial charge is 0.216 e. The Morgan fingerprint density at radius 3 is 3.08 bits per heavy atom. The zero-order chi connectivity index (χ0) is 9.68. The summed E-state index contributed by atoms with van der Waals surface area (Å²) in [5.41, 5.74) is 0. The molecule has 0 saturated heterocycles. The van der Waals surface area contributed by atoms with Crippen molar-refractivity contribution in [3.05, 3.63) is 18.1 Å². The van der Waals surface area contributed by atoms with Crippen LogP contribution in [0.25, 0.3) is 0 Å². The van der Waals surface area contributed by atoms with Crippen molar-refractivity contribution in [2.75, 3.05) is 13.4 Å². The van der Waals surface area contributed by atoms with Gasteiger partial charge in [-0.3, -0.25) is 4.79 Å². The average Bonchev–Trinajstić information content (AvgIpc) is 2.18. The first-order valence-electron chi connectivity index (χ1n) is 3.69. The van der Waals surface area contributed by atoms with Crippen LogP contribution in [0.15, 0.2) is 12.3 Å². The minimum Gasteiger partial charge on any atom is -0.481 e. The summed E-state index contributed by atoms with van der Waals surface area (Å²) in [6.07, 6.45) is 3.57. The third-order valence-corrected chi connectivity index (χ3v) is 2.02. The maximum Gasteiger partial charge on any atom is 0.216 e. The fourth-order valence-electron chi connectivity index (χ4n) is 0.781. The second kappa shape index (κ2) is 4.81. The fraction of sp³-hybridized carbons (Fsp3) is 0.375. The largest absolute Gasteiger partial charge is 0.481 e. The van der Waals surface area contributed by atoms with Gasteiger partial charge in [-0.1, -0.05) is 11.8 Å². The summed E-state index contributed by atoms with van der Waals surface area (Å²) in [6.45, 7) is 0. The van der Waals surface area contributed by atoms with Gasteiger partial charge in [0.25, 0.3) is 0 Å². The predicted molar refractivity (Wildman–Crippen MR) is 50.8 cm³/mol. The normalized spacial score (nSPS) is 9.69. The van der Waals surface area contributed by atoms with Gasteiger partial charge in [0.2, 0.25) is 5.88 Å². The van der Waals surface area contributed by atoms with E-state index in [1.54, 1.807) is 18.5 Å². The van der Waals surface area contributed by atoms with E-state index in [0.29, 0.717) is 11.7 Å². The summed E-state index contributed by atoms with van der Waals surface area (Å²) in [4.78, 5) is 19.0. The van der Waals surface area contributed by atoms with Gasteiger partial charge in [0.15, 0.2) is 5.12 Å². The summed E-state index contributed by atoms with van der Waals surface area (Å²) in [7, 11) is 1.53. The molecule has 0 saturated carbocycles. The summed E-state index contributed by atoms with van der Waals surface area (Å²) in [6, 6.07) is 1.65. The van der Waals surface area contributed by atoms with Gasteiger partial charge in [-0.2, -0.15) is 4.98 Å². The Morgan fingerprint density at radius 2 is 2.46 bits per heavy atom. The van der Waals surface area contributed by atoms with E-state index in [-0.39, 0.29) is 11.5 Å². The molecule has 0 aromatic carbocycles. The van der Waals surface area contributed by atoms with Crippen LogP contribution in [-0.4, -0.2) is 28.4 Å². The van der Waals surface area contributed by atoms with E-state index in [1.807, 2.05) is 0 Å². The van der Waals surface area contributed by atoms with Crippen LogP contribution < -0.4 is 4.74 Å². The van der Waals surface area contributed by atoms with Crippen molar-refractivity contribution in [1.82, 2.24) is 9.97 Å². The molecule has 0 unspecified atom stereocenters. The lowest BCUT2D eigenvalue weighted by Crippen LogP contribution is -2.02. The second-order valence-corrected chi connectivity index (χ2v) is 3.13. The highest BCUT2D eigenvalue weighted by Gasteiger charge is 2.04. The molecule has 0 bridgehead atoms. The number of aromatic nitrogens is 2. The molecule has 13 heavy (non-hydrogen) atoms. The first-order chi connectivity index (χ1) is 6.26. The van der Waals surface area contributed by atoms with Crippen LogP contribution in [0.4, 0.5) is 0 Å². The van der Waals surface area contributed by atoms with Gasteiger partial charge in [0.05, 0.1) is 13.5 Å². The summed E-state index contributed by atoms with van der Waals surface area (Å²) >= 11 is 1.17. The number of carbonyl (C=O) groups is 1. The van der Waals surface area contributed by atoms with E-state index in [9.17, 15) is 4.79 Å². The average molecular weight is 198 g/mol. The number of hydrogen-bond donors (Lipinski definition) is 0. The Kier molecular flexibility index (Phi) is 3.70. The summed E-state index contributed by atoms with van der Waals surface area (Å²) in [5.74, 6) is 0.984. The van der Waals surface area contributed by atoms with Crippen LogP contribution in [0.5, 0.6) is 5.88 Å². The van der Waals surface area contributed by atoms with Crippen LogP contribution in [0.3, 0.4) is 0 Å². The van der Waals surface area contributed by atoms with Gasteiger partial charge in [-0.25, -0.2) is 4.98 Å². The zero-order valence-electron chi connectivity index (χ0n) is 7.48. The lowest BCUT2D eigenvalue weighted by molar-refractivity contribution is -0.110. The van der Waals surface area contributed by atoms with Crippen molar-refractivity contribution in [2.24, 2.45) is 0 Å². The molecule has 0 atom stereocenters. The van der Waals surface area contributed by atoms with Gasteiger partial charge in [-0.05, 0) is 6.26 Å². The van der Waals surface area contributed by atoms with E-state index in [1.165, 1.54) is 18.9 Å². The highest BCUT2D eigenvalue weighted by molar-refractivity contribution is 8.13. The third kappa shape index (κ3) is 3.02. The summed E-state index contributed by atoms with van der Waals surface area (Å²) < 4.78 is 4.90. The highest BCUT2D eigenvalue weighted by atomic mass is 32.2. The molecule has 5 heteroatoms. The SMILES string of the molecule is COc1ccnc(CC(=O)SC)n1. The van der Waals surface area contributed by atoms with Gasteiger partial charge in [-0.15, -0.1) is 0 Å². The van der Waals surface area contributed by atoms with Crippen LogP contribution in [0, 0.1) is 0 Å². The number of ether oxygens (including phenoxy) is 1. The monoisotopic (exact) mass is 198 g/mol. The lowest BCUT2D eigenvalue weighted by atomic mass is 10.4. The van der Waals surface area contributed by atoms with E-state index < -0.39 is 0 Å². The number of rotatable bonds is 3. The Balaban J connectivity index is 2.71. The van der Waals surface area contributed by atoms with Crippen LogP contribution >= 0.6 is 11.8 Å². The van der Waals surface area contributed by atoms with Crippen LogP contribution in [0.2, 0.25) is 0 Å². The number of hydrogen-bond acceptors (Lipinski definition) is 5. The minimum absolute atomic E-state index is 0.0493. The maximum absolute atomic E-state index is 11.0. The second-order valence-electron chi connectivity index (χ2n) is 2.27. The standard InChI is InChI=1S/C8H10N2O2S/c1-12-7-3-4-9-6(10-7)5-8(11)13-2/h3-4H,5H2,1-2H3. The quantitative estimate of drug-likeness (QED) is 0.722. The molecule has 0 aliphatic rings. The topological polar surface area (TPSA) is 52.1 Å². The van der Waals surface area contributed by atoms with Crippen molar-refractivity contribution in [1.29, 1.82) is 0 Å². The molecule has 4 nitrogen and oxygen atoms in total. The van der Waals surface area contributed by atoms with Gasteiger partial charge < -0.3 is 4.74 Å². The van der Waals surface area contributed by atoms with Gasteiger partial charge >= 0.3 is 0 Å². The maximum atomic E-state index is 11.0. The van der Waals surface area contributed by atoms with Crippen LogP contribution in [-0.2, 0) is 11.2 Å². The van der Waals surface area contributed by atoms with Crippen molar-refractivity contribution in [3.8, 4) is 5.88 Å². The van der Waals surface area contributed by atoms with E-state index in [0.717, 1.165) is 0 Å². The molecule has 0 amide bonds. The molecule has 0 aliphatic heterocycles. The first-order valence-corrected chi connectivity index (χ1v) is 4.91. The number of nitrogens with zero attached hydrogens (tertiary/aromatic N) is 2. The molecule has 0 radical (unpaired) electrons. The predicted octanol–water partition coefficient (Wildman–Crippen LogP) is 0.917. The molecule has 1 rings (SSSR count). The Morgan fingerprint density at radius 1 is 1.69 bits per heavy atom. The van der Waals surface area contributed by atoms with Crippen molar-refractivity contribution in [3.63, 3.8) is 0 Å². The van der Waals surface area contributed by atoms with E-state index in [4.69, 9.17) is 4.74 Å². The molecule has 70 valence electrons. The van der Waals surface area contributed by atoms with Crippen LogP contribution in [0.1, 0.15) is 5.82 Å². The van der Waals surface area contributed by atoms with E-state index >= 15 is 0 Å². The number of carbonyl (C=O) groups excluding carboxylic acids is 1. The molecule has 0 N–H and O–H groups in total. The molecule has 1 aromatic rings. The number of thioether (sulfide) groups is 1. The Hall–Kier alpha value is -1.10. The molecule has 0 fully saturated rings. The van der Waals surface area contributed by atoms with Gasteiger partial charge in [0.1, 0.15) is 5.82 Å². The molecule has 1 heterocycles. The minimum atomic E-state index is 0.0493. The lowest BCUT2D eigenvalue weighted by Gasteiger charge is -2.00. The molecular formula is C8H10N2O2S. The van der Waals surface area contributed by atoms with E-state index in [2.05, 4.69) is 9.97 Å². The third-order valence-electron chi connectivity index (χ3n) is 1.42. The molecule has 0 spiro atoms. The first kappa shape index (κ1) is 9.98. The Labute approximate surface area is 80.7 Å². The summed E-state index contributed by atoms with van der Waals surface area (Å²) in [5, 5.41) is 0.0493. The fourth-order valence-corrected chi connectivity index (χ4v) is 1.05. The molecule has 1 aromatic heterocycles. The number of methoxy groups -OCH3 is 1. The molecular weight excluding hydrogens is 188 g/mol. The van der Waals surface area contributed by atoms with Crippen molar-refractivity contribution < 1.29 is 9.53 Å². The zero-order valence-corrected chi connectivity index (χ0v) is 8.30. The highest BCUT2D eigenvalue weighted by Crippen LogP contribution is 2.06.